The maximum atomic E-state index is 11.6. The van der Waals surface area contributed by atoms with Crippen molar-refractivity contribution in [2.45, 2.75) is 6.54 Å². The molecule has 1 aromatic rings. The van der Waals surface area contributed by atoms with Gasteiger partial charge in [0.25, 0.3) is 0 Å². The van der Waals surface area contributed by atoms with Crippen LogP contribution in [0, 0.1) is 0 Å². The molecule has 0 atom stereocenters. The van der Waals surface area contributed by atoms with Crippen molar-refractivity contribution in [2.75, 3.05) is 44.2 Å². The zero-order valence-electron chi connectivity index (χ0n) is 12.8. The first-order valence-electron chi connectivity index (χ1n) is 7.45. The molecule has 0 amide bonds. The Kier molecular flexibility index (Phi) is 6.41. The van der Waals surface area contributed by atoms with E-state index in [1.807, 2.05) is 24.3 Å². The molecule has 0 unspecified atom stereocenters. The summed E-state index contributed by atoms with van der Waals surface area (Å²) in [6, 6.07) is 7.77. The number of halogens is 1. The molecule has 0 saturated carbocycles. The van der Waals surface area contributed by atoms with Crippen LogP contribution >= 0.6 is 11.6 Å². The second kappa shape index (κ2) is 8.10. The monoisotopic (exact) mass is 360 g/mol. The minimum atomic E-state index is -3.52. The number of carbonyl (C=O) groups is 1. The number of piperazine rings is 1. The molecule has 0 aromatic heterocycles. The van der Waals surface area contributed by atoms with E-state index in [1.165, 1.54) is 0 Å². The fraction of sp³-hybridized carbons (Fsp3) is 0.533. The molecule has 1 N–H and O–H groups in total. The first-order valence-corrected chi connectivity index (χ1v) is 9.65. The lowest BCUT2D eigenvalue weighted by atomic mass is 10.2. The molecule has 2 rings (SSSR count). The summed E-state index contributed by atoms with van der Waals surface area (Å²) >= 11 is 5.98. The van der Waals surface area contributed by atoms with Crippen LogP contribution in [0.5, 0.6) is 0 Å². The highest BCUT2D eigenvalue weighted by Crippen LogP contribution is 2.14. The summed E-state index contributed by atoms with van der Waals surface area (Å²) in [5.74, 6) is -2.19. The SMILES string of the molecule is O=C(O)CS(=O)(=O)CCN1CCN(Cc2cccc(Cl)c2)CC1. The van der Waals surface area contributed by atoms with Crippen molar-refractivity contribution in [2.24, 2.45) is 0 Å². The topological polar surface area (TPSA) is 77.9 Å². The van der Waals surface area contributed by atoms with Gasteiger partial charge in [0.15, 0.2) is 9.84 Å². The van der Waals surface area contributed by atoms with Crippen molar-refractivity contribution >= 4 is 27.4 Å². The van der Waals surface area contributed by atoms with Gasteiger partial charge >= 0.3 is 5.97 Å². The number of hydrogen-bond donors (Lipinski definition) is 1. The summed E-state index contributed by atoms with van der Waals surface area (Å²) in [5.41, 5.74) is 1.16. The number of benzene rings is 1. The van der Waals surface area contributed by atoms with Gasteiger partial charge < -0.3 is 5.11 Å². The molecule has 1 heterocycles. The molecule has 1 saturated heterocycles. The second-order valence-electron chi connectivity index (χ2n) is 5.73. The van der Waals surface area contributed by atoms with Gasteiger partial charge in [0.2, 0.25) is 0 Å². The molecule has 23 heavy (non-hydrogen) atoms. The number of carboxylic acid groups (broad SMARTS) is 1. The van der Waals surface area contributed by atoms with E-state index in [4.69, 9.17) is 16.7 Å². The first-order chi connectivity index (χ1) is 10.8. The van der Waals surface area contributed by atoms with Gasteiger partial charge in [-0.2, -0.15) is 0 Å². The molecular weight excluding hydrogens is 340 g/mol. The number of nitrogens with zero attached hydrogens (tertiary/aromatic N) is 2. The maximum absolute atomic E-state index is 11.6. The van der Waals surface area contributed by atoms with Gasteiger partial charge in [-0.1, -0.05) is 23.7 Å². The van der Waals surface area contributed by atoms with E-state index in [0.29, 0.717) is 6.54 Å². The Hall–Kier alpha value is -1.15. The molecule has 0 bridgehead atoms. The Morgan fingerprint density at radius 1 is 1.17 bits per heavy atom. The smallest absolute Gasteiger partial charge is 0.318 e. The van der Waals surface area contributed by atoms with E-state index in [-0.39, 0.29) is 5.75 Å². The number of hydrogen-bond acceptors (Lipinski definition) is 5. The van der Waals surface area contributed by atoms with Crippen LogP contribution in [0.25, 0.3) is 0 Å². The molecular formula is C15H21ClN2O4S. The van der Waals surface area contributed by atoms with Crippen molar-refractivity contribution in [1.82, 2.24) is 9.80 Å². The third-order valence-corrected chi connectivity index (χ3v) is 5.55. The molecule has 128 valence electrons. The Morgan fingerprint density at radius 2 is 1.83 bits per heavy atom. The zero-order valence-corrected chi connectivity index (χ0v) is 14.4. The summed E-state index contributed by atoms with van der Waals surface area (Å²) < 4.78 is 23.2. The van der Waals surface area contributed by atoms with Crippen LogP contribution in [-0.2, 0) is 21.2 Å². The highest BCUT2D eigenvalue weighted by atomic mass is 35.5. The third-order valence-electron chi connectivity index (χ3n) is 3.82. The summed E-state index contributed by atoms with van der Waals surface area (Å²) in [6.07, 6.45) is 0. The standard InChI is InChI=1S/C15H21ClN2O4S/c16-14-3-1-2-13(10-14)11-18-6-4-17(5-7-18)8-9-23(21,22)12-15(19)20/h1-3,10H,4-9,11-12H2,(H,19,20). The van der Waals surface area contributed by atoms with Crippen LogP contribution < -0.4 is 0 Å². The summed E-state index contributed by atoms with van der Waals surface area (Å²) in [4.78, 5) is 14.9. The predicted octanol–water partition coefficient (Wildman–Crippen LogP) is 0.957. The minimum Gasteiger partial charge on any atom is -0.480 e. The van der Waals surface area contributed by atoms with Crippen molar-refractivity contribution < 1.29 is 18.3 Å². The largest absolute Gasteiger partial charge is 0.480 e. The van der Waals surface area contributed by atoms with Crippen molar-refractivity contribution in [3.05, 3.63) is 34.9 Å². The van der Waals surface area contributed by atoms with Crippen molar-refractivity contribution in [3.63, 3.8) is 0 Å². The molecule has 1 aliphatic rings. The Labute approximate surface area is 141 Å². The second-order valence-corrected chi connectivity index (χ2v) is 8.35. The minimum absolute atomic E-state index is 0.104. The van der Waals surface area contributed by atoms with Crippen LogP contribution in [0.3, 0.4) is 0 Å². The Balaban J connectivity index is 1.75. The van der Waals surface area contributed by atoms with E-state index in [9.17, 15) is 13.2 Å². The van der Waals surface area contributed by atoms with E-state index in [0.717, 1.165) is 43.3 Å². The normalized spacial score (nSPS) is 17.3. The number of carboxylic acids is 1. The highest BCUT2D eigenvalue weighted by molar-refractivity contribution is 7.92. The molecule has 1 fully saturated rings. The molecule has 6 nitrogen and oxygen atoms in total. The van der Waals surface area contributed by atoms with Gasteiger partial charge in [-0.25, -0.2) is 8.42 Å². The number of aliphatic carboxylic acids is 1. The van der Waals surface area contributed by atoms with E-state index < -0.39 is 21.6 Å². The van der Waals surface area contributed by atoms with E-state index in [1.54, 1.807) is 0 Å². The first kappa shape index (κ1) is 18.2. The molecule has 1 aromatic carbocycles. The van der Waals surface area contributed by atoms with Gasteiger partial charge in [-0.15, -0.1) is 0 Å². The van der Waals surface area contributed by atoms with Crippen molar-refractivity contribution in [3.8, 4) is 0 Å². The van der Waals surface area contributed by atoms with E-state index in [2.05, 4.69) is 9.80 Å². The zero-order chi connectivity index (χ0) is 16.9. The molecule has 0 spiro atoms. The third kappa shape index (κ3) is 6.47. The van der Waals surface area contributed by atoms with Crippen molar-refractivity contribution in [1.29, 1.82) is 0 Å². The number of rotatable bonds is 7. The van der Waals surface area contributed by atoms with Crippen LogP contribution in [-0.4, -0.2) is 73.5 Å². The fourth-order valence-corrected chi connectivity index (χ4v) is 3.86. The Morgan fingerprint density at radius 3 is 2.43 bits per heavy atom. The van der Waals surface area contributed by atoms with Crippen LogP contribution in [0.4, 0.5) is 0 Å². The highest BCUT2D eigenvalue weighted by Gasteiger charge is 2.21. The molecule has 8 heteroatoms. The maximum Gasteiger partial charge on any atom is 0.318 e. The lowest BCUT2D eigenvalue weighted by Crippen LogP contribution is -2.47. The van der Waals surface area contributed by atoms with Gasteiger partial charge in [0.05, 0.1) is 5.75 Å². The van der Waals surface area contributed by atoms with E-state index >= 15 is 0 Å². The average molecular weight is 361 g/mol. The lowest BCUT2D eigenvalue weighted by molar-refractivity contribution is -0.134. The summed E-state index contributed by atoms with van der Waals surface area (Å²) in [5, 5.41) is 9.30. The number of sulfone groups is 1. The van der Waals surface area contributed by atoms with Gasteiger partial charge in [0.1, 0.15) is 5.75 Å². The van der Waals surface area contributed by atoms with Gasteiger partial charge in [-0.05, 0) is 17.7 Å². The molecule has 0 aliphatic carbocycles. The summed E-state index contributed by atoms with van der Waals surface area (Å²) in [6.45, 7) is 4.48. The fourth-order valence-electron chi connectivity index (χ4n) is 2.59. The average Bonchev–Trinajstić information content (AvgIpc) is 2.45. The molecule has 0 radical (unpaired) electrons. The van der Waals surface area contributed by atoms with Crippen LogP contribution in [0.1, 0.15) is 5.56 Å². The van der Waals surface area contributed by atoms with Gasteiger partial charge in [0, 0.05) is 44.3 Å². The van der Waals surface area contributed by atoms with Crippen LogP contribution in [0.15, 0.2) is 24.3 Å². The quantitative estimate of drug-likeness (QED) is 0.780. The summed E-state index contributed by atoms with van der Waals surface area (Å²) in [7, 11) is -3.52. The van der Waals surface area contributed by atoms with Crippen LogP contribution in [0.2, 0.25) is 5.02 Å². The lowest BCUT2D eigenvalue weighted by Gasteiger charge is -2.34. The molecule has 1 aliphatic heterocycles. The predicted molar refractivity (Wildman–Crippen MR) is 89.5 cm³/mol. The Bertz CT molecular complexity index is 643. The van der Waals surface area contributed by atoms with Gasteiger partial charge in [-0.3, -0.25) is 14.6 Å².